The molecule has 0 saturated carbocycles. The molecule has 0 fully saturated rings. The first-order valence-corrected chi connectivity index (χ1v) is 4.50. The first-order valence-electron chi connectivity index (χ1n) is 4.50. The number of rotatable bonds is 4. The minimum Gasteiger partial charge on any atom is -0.394 e. The normalized spacial score (nSPS) is 25.7. The van der Waals surface area contributed by atoms with Crippen LogP contribution in [0, 0.1) is 0 Å². The van der Waals surface area contributed by atoms with Gasteiger partial charge in [0.15, 0.2) is 0 Å². The maximum absolute atomic E-state index is 9.06. The van der Waals surface area contributed by atoms with E-state index in [0.717, 1.165) is 19.3 Å². The van der Waals surface area contributed by atoms with E-state index in [0.29, 0.717) is 12.6 Å². The fourth-order valence-corrected chi connectivity index (χ4v) is 1.35. The summed E-state index contributed by atoms with van der Waals surface area (Å²) in [7, 11) is 0. The summed E-state index contributed by atoms with van der Waals surface area (Å²) in [5.41, 5.74) is 0. The second-order valence-corrected chi connectivity index (χ2v) is 3.23. The van der Waals surface area contributed by atoms with Crippen LogP contribution in [0.2, 0.25) is 0 Å². The molecule has 3 N–H and O–H groups in total. The fraction of sp³-hybridized carbons (Fsp3) is 0.778. The molecule has 0 aromatic rings. The minimum atomic E-state index is -0.615. The molecule has 12 heavy (non-hydrogen) atoms. The molecule has 0 aromatic heterocycles. The Bertz CT molecular complexity index is 147. The van der Waals surface area contributed by atoms with E-state index in [1.165, 1.54) is 0 Å². The van der Waals surface area contributed by atoms with Crippen molar-refractivity contribution in [3.63, 3.8) is 0 Å². The molecule has 70 valence electrons. The topological polar surface area (TPSA) is 52.5 Å². The van der Waals surface area contributed by atoms with Crippen LogP contribution in [0.3, 0.4) is 0 Å². The van der Waals surface area contributed by atoms with Crippen molar-refractivity contribution in [2.75, 3.05) is 13.2 Å². The van der Waals surface area contributed by atoms with E-state index in [9.17, 15) is 0 Å². The van der Waals surface area contributed by atoms with Gasteiger partial charge in [0.05, 0.1) is 12.7 Å². The molecular weight excluding hydrogens is 154 g/mol. The summed E-state index contributed by atoms with van der Waals surface area (Å²) in [6.45, 7) is 0.338. The smallest absolute Gasteiger partial charge is 0.0895 e. The predicted molar refractivity (Wildman–Crippen MR) is 47.9 cm³/mol. The third-order valence-electron chi connectivity index (χ3n) is 2.12. The zero-order valence-corrected chi connectivity index (χ0v) is 7.24. The van der Waals surface area contributed by atoms with Crippen molar-refractivity contribution in [1.82, 2.24) is 5.32 Å². The van der Waals surface area contributed by atoms with Crippen LogP contribution in [0.1, 0.15) is 19.3 Å². The van der Waals surface area contributed by atoms with Gasteiger partial charge in [0, 0.05) is 12.6 Å². The van der Waals surface area contributed by atoms with Crippen LogP contribution in [0.4, 0.5) is 0 Å². The summed E-state index contributed by atoms with van der Waals surface area (Å²) in [6, 6.07) is 0.483. The Morgan fingerprint density at radius 3 is 2.92 bits per heavy atom. The third kappa shape index (κ3) is 3.34. The highest BCUT2D eigenvalue weighted by Gasteiger charge is 2.10. The molecule has 0 saturated heterocycles. The molecule has 0 radical (unpaired) electrons. The molecule has 1 aliphatic rings. The van der Waals surface area contributed by atoms with Gasteiger partial charge in [0.2, 0.25) is 0 Å². The van der Waals surface area contributed by atoms with Crippen molar-refractivity contribution in [1.29, 1.82) is 0 Å². The van der Waals surface area contributed by atoms with Crippen molar-refractivity contribution in [3.8, 4) is 0 Å². The predicted octanol–water partition coefficient (Wildman–Crippen LogP) is 0.0379. The molecule has 0 spiro atoms. The Morgan fingerprint density at radius 1 is 1.50 bits per heavy atom. The van der Waals surface area contributed by atoms with Gasteiger partial charge in [-0.15, -0.1) is 0 Å². The Balaban J connectivity index is 2.10. The maximum Gasteiger partial charge on any atom is 0.0895 e. The summed E-state index contributed by atoms with van der Waals surface area (Å²) < 4.78 is 0. The lowest BCUT2D eigenvalue weighted by molar-refractivity contribution is 0.0915. The molecule has 0 bridgehead atoms. The van der Waals surface area contributed by atoms with Gasteiger partial charge in [0.25, 0.3) is 0 Å². The SMILES string of the molecule is OC[C@@H](O)CNC1CC=CCC1. The highest BCUT2D eigenvalue weighted by molar-refractivity contribution is 4.93. The quantitative estimate of drug-likeness (QED) is 0.523. The number of allylic oxidation sites excluding steroid dienone is 1. The monoisotopic (exact) mass is 171 g/mol. The van der Waals surface area contributed by atoms with Gasteiger partial charge in [-0.1, -0.05) is 12.2 Å². The van der Waals surface area contributed by atoms with E-state index in [1.807, 2.05) is 0 Å². The lowest BCUT2D eigenvalue weighted by Gasteiger charge is -2.20. The molecule has 1 aliphatic carbocycles. The molecule has 3 nitrogen and oxygen atoms in total. The van der Waals surface area contributed by atoms with E-state index in [4.69, 9.17) is 10.2 Å². The fourth-order valence-electron chi connectivity index (χ4n) is 1.35. The van der Waals surface area contributed by atoms with Gasteiger partial charge in [-0.3, -0.25) is 0 Å². The molecule has 3 heteroatoms. The van der Waals surface area contributed by atoms with Crippen LogP contribution in [0.25, 0.3) is 0 Å². The lowest BCUT2D eigenvalue weighted by atomic mass is 10.0. The van der Waals surface area contributed by atoms with Gasteiger partial charge in [-0.25, -0.2) is 0 Å². The average molecular weight is 171 g/mol. The molecule has 1 rings (SSSR count). The van der Waals surface area contributed by atoms with Crippen LogP contribution in [0.5, 0.6) is 0 Å². The maximum atomic E-state index is 9.06. The van der Waals surface area contributed by atoms with Crippen molar-refractivity contribution < 1.29 is 10.2 Å². The average Bonchev–Trinajstić information content (AvgIpc) is 2.16. The van der Waals surface area contributed by atoms with E-state index in [-0.39, 0.29) is 6.61 Å². The first-order chi connectivity index (χ1) is 5.83. The molecule has 0 amide bonds. The summed E-state index contributed by atoms with van der Waals surface area (Å²) in [6.07, 6.45) is 7.02. The Labute approximate surface area is 73.1 Å². The van der Waals surface area contributed by atoms with Crippen molar-refractivity contribution in [2.45, 2.75) is 31.4 Å². The van der Waals surface area contributed by atoms with Gasteiger partial charge < -0.3 is 15.5 Å². The van der Waals surface area contributed by atoms with Crippen LogP contribution in [-0.2, 0) is 0 Å². The second-order valence-electron chi connectivity index (χ2n) is 3.23. The highest BCUT2D eigenvalue weighted by Crippen LogP contribution is 2.09. The third-order valence-corrected chi connectivity index (χ3v) is 2.12. The van der Waals surface area contributed by atoms with Gasteiger partial charge in [-0.05, 0) is 19.3 Å². The van der Waals surface area contributed by atoms with E-state index in [2.05, 4.69) is 17.5 Å². The summed E-state index contributed by atoms with van der Waals surface area (Å²) in [5, 5.41) is 20.8. The van der Waals surface area contributed by atoms with Crippen LogP contribution in [-0.4, -0.2) is 35.5 Å². The molecule has 0 heterocycles. The number of aliphatic hydroxyl groups is 2. The summed E-state index contributed by atoms with van der Waals surface area (Å²) in [5.74, 6) is 0. The number of hydrogen-bond acceptors (Lipinski definition) is 3. The number of aliphatic hydroxyl groups excluding tert-OH is 2. The lowest BCUT2D eigenvalue weighted by Crippen LogP contribution is -2.37. The van der Waals surface area contributed by atoms with Gasteiger partial charge in [-0.2, -0.15) is 0 Å². The van der Waals surface area contributed by atoms with E-state index >= 15 is 0 Å². The standard InChI is InChI=1S/C9H17NO2/c11-7-9(12)6-10-8-4-2-1-3-5-8/h1-2,8-12H,3-7H2/t8?,9-/m0/s1. The largest absolute Gasteiger partial charge is 0.394 e. The Morgan fingerprint density at radius 2 is 2.33 bits per heavy atom. The van der Waals surface area contributed by atoms with Gasteiger partial charge in [0.1, 0.15) is 0 Å². The van der Waals surface area contributed by atoms with Crippen molar-refractivity contribution in [3.05, 3.63) is 12.2 Å². The molecule has 1 unspecified atom stereocenters. The van der Waals surface area contributed by atoms with Gasteiger partial charge >= 0.3 is 0 Å². The molecular formula is C9H17NO2. The zero-order valence-electron chi connectivity index (χ0n) is 7.24. The van der Waals surface area contributed by atoms with Crippen molar-refractivity contribution in [2.24, 2.45) is 0 Å². The minimum absolute atomic E-state index is 0.157. The van der Waals surface area contributed by atoms with Crippen LogP contribution in [0.15, 0.2) is 12.2 Å². The first kappa shape index (κ1) is 9.71. The van der Waals surface area contributed by atoms with Crippen LogP contribution < -0.4 is 5.32 Å². The van der Waals surface area contributed by atoms with E-state index < -0.39 is 6.10 Å². The zero-order chi connectivity index (χ0) is 8.81. The van der Waals surface area contributed by atoms with E-state index in [1.54, 1.807) is 0 Å². The van der Waals surface area contributed by atoms with Crippen LogP contribution >= 0.6 is 0 Å². The molecule has 0 aliphatic heterocycles. The number of hydrogen-bond donors (Lipinski definition) is 3. The Kier molecular flexibility index (Phi) is 4.29. The van der Waals surface area contributed by atoms with Crippen molar-refractivity contribution >= 4 is 0 Å². The second kappa shape index (κ2) is 5.30. The molecule has 0 aromatic carbocycles. The summed E-state index contributed by atoms with van der Waals surface area (Å²) >= 11 is 0. The number of nitrogens with one attached hydrogen (secondary N) is 1. The Hall–Kier alpha value is -0.380. The summed E-state index contributed by atoms with van der Waals surface area (Å²) in [4.78, 5) is 0. The highest BCUT2D eigenvalue weighted by atomic mass is 16.3. The molecule has 2 atom stereocenters.